The van der Waals surface area contributed by atoms with Crippen LogP contribution in [0.25, 0.3) is 0 Å². The van der Waals surface area contributed by atoms with Gasteiger partial charge in [0.15, 0.2) is 0 Å². The molecule has 0 bridgehead atoms. The van der Waals surface area contributed by atoms with Gasteiger partial charge in [0.25, 0.3) is 0 Å². The number of nitrogens with one attached hydrogen (secondary N) is 1. The third kappa shape index (κ3) is 3.44. The monoisotopic (exact) mass is 227 g/mol. The first kappa shape index (κ1) is 11.9. The van der Waals surface area contributed by atoms with Gasteiger partial charge in [0, 0.05) is 23.6 Å². The zero-order valence-electron chi connectivity index (χ0n) is 8.79. The number of halogens is 1. The van der Waals surface area contributed by atoms with Crippen LogP contribution in [0.4, 0.5) is 5.69 Å². The van der Waals surface area contributed by atoms with Crippen molar-refractivity contribution in [3.63, 3.8) is 0 Å². The molecule has 1 unspecified atom stereocenters. The summed E-state index contributed by atoms with van der Waals surface area (Å²) in [5.74, 6) is 0.748. The smallest absolute Gasteiger partial charge is 0.228 e. The van der Waals surface area contributed by atoms with Gasteiger partial charge in [-0.2, -0.15) is 0 Å². The molecule has 1 atom stereocenters. The number of hydrogen-bond acceptors (Lipinski definition) is 2. The molecule has 1 N–H and O–H groups in total. The second kappa shape index (κ2) is 5.61. The van der Waals surface area contributed by atoms with E-state index in [-0.39, 0.29) is 11.8 Å². The van der Waals surface area contributed by atoms with Crippen molar-refractivity contribution in [2.24, 2.45) is 5.92 Å². The van der Waals surface area contributed by atoms with Crippen LogP contribution in [0.2, 0.25) is 0 Å². The molecule has 4 heteroatoms. The van der Waals surface area contributed by atoms with Crippen LogP contribution in [-0.2, 0) is 4.79 Å². The fourth-order valence-corrected chi connectivity index (χ4v) is 1.18. The van der Waals surface area contributed by atoms with Gasteiger partial charge in [-0.15, -0.1) is 11.6 Å². The number of amides is 1. The van der Waals surface area contributed by atoms with Gasteiger partial charge in [-0.3, -0.25) is 4.79 Å². The highest BCUT2D eigenvalue weighted by molar-refractivity contribution is 6.19. The van der Waals surface area contributed by atoms with Crippen LogP contribution in [0.1, 0.15) is 6.92 Å². The Morgan fingerprint density at radius 2 is 2.33 bits per heavy atom. The van der Waals surface area contributed by atoms with Crippen molar-refractivity contribution in [3.05, 3.63) is 24.3 Å². The fraction of sp³-hybridized carbons (Fsp3) is 0.364. The number of carbonyl (C=O) groups is 1. The van der Waals surface area contributed by atoms with E-state index in [0.29, 0.717) is 11.6 Å². The molecule has 0 aliphatic rings. The Hall–Kier alpha value is -1.22. The van der Waals surface area contributed by atoms with E-state index < -0.39 is 0 Å². The number of benzene rings is 1. The van der Waals surface area contributed by atoms with Gasteiger partial charge in [0.1, 0.15) is 5.75 Å². The number of methoxy groups -OCH3 is 1. The minimum atomic E-state index is -0.196. The molecule has 0 aliphatic carbocycles. The highest BCUT2D eigenvalue weighted by Gasteiger charge is 2.11. The Balaban J connectivity index is 2.68. The molecule has 0 heterocycles. The zero-order chi connectivity index (χ0) is 11.3. The van der Waals surface area contributed by atoms with E-state index in [1.807, 2.05) is 12.1 Å². The van der Waals surface area contributed by atoms with Crippen LogP contribution < -0.4 is 10.1 Å². The first-order chi connectivity index (χ1) is 7.17. The van der Waals surface area contributed by atoms with Crippen molar-refractivity contribution in [3.8, 4) is 5.75 Å². The van der Waals surface area contributed by atoms with Crippen LogP contribution in [0.3, 0.4) is 0 Å². The fourth-order valence-electron chi connectivity index (χ4n) is 1.04. The van der Waals surface area contributed by atoms with Crippen molar-refractivity contribution in [2.75, 3.05) is 18.3 Å². The molecule has 0 saturated carbocycles. The van der Waals surface area contributed by atoms with Crippen LogP contribution in [0.5, 0.6) is 5.75 Å². The normalized spacial score (nSPS) is 11.9. The molecule has 0 radical (unpaired) electrons. The quantitative estimate of drug-likeness (QED) is 0.803. The van der Waals surface area contributed by atoms with E-state index in [4.69, 9.17) is 16.3 Å². The molecule has 0 aromatic heterocycles. The second-order valence-electron chi connectivity index (χ2n) is 3.28. The lowest BCUT2D eigenvalue weighted by Gasteiger charge is -2.09. The summed E-state index contributed by atoms with van der Waals surface area (Å²) >= 11 is 5.59. The van der Waals surface area contributed by atoms with Gasteiger partial charge in [-0.25, -0.2) is 0 Å². The minimum absolute atomic E-state index is 0.0850. The maximum absolute atomic E-state index is 11.5. The Morgan fingerprint density at radius 3 is 2.93 bits per heavy atom. The van der Waals surface area contributed by atoms with E-state index in [9.17, 15) is 4.79 Å². The van der Waals surface area contributed by atoms with Crippen LogP contribution in [-0.4, -0.2) is 18.9 Å². The second-order valence-corrected chi connectivity index (χ2v) is 3.59. The molecular formula is C11H14ClNO2. The van der Waals surface area contributed by atoms with Gasteiger partial charge in [0.05, 0.1) is 7.11 Å². The number of alkyl halides is 1. The van der Waals surface area contributed by atoms with Crippen LogP contribution >= 0.6 is 11.6 Å². The molecule has 0 fully saturated rings. The van der Waals surface area contributed by atoms with Gasteiger partial charge < -0.3 is 10.1 Å². The lowest BCUT2D eigenvalue weighted by Crippen LogP contribution is -2.21. The maximum Gasteiger partial charge on any atom is 0.228 e. The summed E-state index contributed by atoms with van der Waals surface area (Å²) in [6.45, 7) is 1.78. The van der Waals surface area contributed by atoms with E-state index in [0.717, 1.165) is 5.69 Å². The van der Waals surface area contributed by atoms with E-state index in [2.05, 4.69) is 5.32 Å². The number of carbonyl (C=O) groups excluding carboxylic acids is 1. The molecule has 3 nitrogen and oxygen atoms in total. The lowest BCUT2D eigenvalue weighted by molar-refractivity contribution is -0.118. The highest BCUT2D eigenvalue weighted by atomic mass is 35.5. The molecule has 82 valence electrons. The molecule has 1 amide bonds. The van der Waals surface area contributed by atoms with Gasteiger partial charge in [-0.1, -0.05) is 13.0 Å². The molecule has 0 spiro atoms. The summed E-state index contributed by atoms with van der Waals surface area (Å²) < 4.78 is 5.05. The summed E-state index contributed by atoms with van der Waals surface area (Å²) in [5, 5.41) is 2.76. The van der Waals surface area contributed by atoms with E-state index >= 15 is 0 Å². The van der Waals surface area contributed by atoms with Crippen molar-refractivity contribution < 1.29 is 9.53 Å². The first-order valence-corrected chi connectivity index (χ1v) is 5.21. The van der Waals surface area contributed by atoms with E-state index in [1.165, 1.54) is 0 Å². The molecule has 1 aromatic carbocycles. The van der Waals surface area contributed by atoms with Crippen molar-refractivity contribution in [1.29, 1.82) is 0 Å². The lowest BCUT2D eigenvalue weighted by atomic mass is 10.2. The maximum atomic E-state index is 11.5. The standard InChI is InChI=1S/C11H14ClNO2/c1-8(7-12)11(14)13-9-4-3-5-10(6-9)15-2/h3-6,8H,7H2,1-2H3,(H,13,14). The molecule has 0 aliphatic heterocycles. The molecule has 15 heavy (non-hydrogen) atoms. The Labute approximate surface area is 94.4 Å². The molecule has 1 rings (SSSR count). The number of anilines is 1. The Kier molecular flexibility index (Phi) is 4.43. The average Bonchev–Trinajstić information content (AvgIpc) is 2.28. The number of hydrogen-bond donors (Lipinski definition) is 1. The largest absolute Gasteiger partial charge is 0.497 e. The average molecular weight is 228 g/mol. The Bertz CT molecular complexity index is 341. The third-order valence-corrected chi connectivity index (χ3v) is 2.48. The summed E-state index contributed by atoms with van der Waals surface area (Å²) in [7, 11) is 1.59. The predicted octanol–water partition coefficient (Wildman–Crippen LogP) is 2.51. The SMILES string of the molecule is COc1cccc(NC(=O)C(C)CCl)c1. The summed E-state index contributed by atoms with van der Waals surface area (Å²) in [5.41, 5.74) is 0.719. The topological polar surface area (TPSA) is 38.3 Å². The van der Waals surface area contributed by atoms with Gasteiger partial charge in [0.2, 0.25) is 5.91 Å². The minimum Gasteiger partial charge on any atom is -0.497 e. The van der Waals surface area contributed by atoms with Crippen LogP contribution in [0, 0.1) is 5.92 Å². The molecule has 0 saturated heterocycles. The van der Waals surface area contributed by atoms with Gasteiger partial charge >= 0.3 is 0 Å². The van der Waals surface area contributed by atoms with Crippen LogP contribution in [0.15, 0.2) is 24.3 Å². The van der Waals surface area contributed by atoms with Crippen molar-refractivity contribution in [1.82, 2.24) is 0 Å². The molecule has 1 aromatic rings. The predicted molar refractivity (Wildman–Crippen MR) is 61.5 cm³/mol. The molecular weight excluding hydrogens is 214 g/mol. The van der Waals surface area contributed by atoms with Gasteiger partial charge in [-0.05, 0) is 12.1 Å². The van der Waals surface area contributed by atoms with Crippen molar-refractivity contribution >= 4 is 23.2 Å². The highest BCUT2D eigenvalue weighted by Crippen LogP contribution is 2.17. The summed E-state index contributed by atoms with van der Waals surface area (Å²) in [6, 6.07) is 7.21. The van der Waals surface area contributed by atoms with Crippen molar-refractivity contribution in [2.45, 2.75) is 6.92 Å². The number of ether oxygens (including phenoxy) is 1. The van der Waals surface area contributed by atoms with E-state index in [1.54, 1.807) is 26.2 Å². The Morgan fingerprint density at radius 1 is 1.60 bits per heavy atom. The first-order valence-electron chi connectivity index (χ1n) is 4.68. The third-order valence-electron chi connectivity index (χ3n) is 2.02. The summed E-state index contributed by atoms with van der Waals surface area (Å²) in [4.78, 5) is 11.5. The summed E-state index contributed by atoms with van der Waals surface area (Å²) in [6.07, 6.45) is 0. The number of rotatable bonds is 4. The zero-order valence-corrected chi connectivity index (χ0v) is 9.54.